The lowest BCUT2D eigenvalue weighted by Crippen LogP contribution is -2.20. The number of nitrogens with one attached hydrogen (secondary N) is 2. The van der Waals surface area contributed by atoms with E-state index in [0.29, 0.717) is 13.0 Å². The van der Waals surface area contributed by atoms with E-state index in [-0.39, 0.29) is 5.91 Å². The Bertz CT molecular complexity index is 311. The van der Waals surface area contributed by atoms with Gasteiger partial charge in [-0.25, -0.2) is 0 Å². The largest absolute Gasteiger partial charge is 0.385 e. The third-order valence-electron chi connectivity index (χ3n) is 2.05. The highest BCUT2D eigenvalue weighted by atomic mass is 32.2. The Morgan fingerprint density at radius 1 is 1.33 bits per heavy atom. The number of amides is 1. The molecule has 15 heavy (non-hydrogen) atoms. The summed E-state index contributed by atoms with van der Waals surface area (Å²) in [6, 6.07) is 8.17. The first-order valence-electron chi connectivity index (χ1n) is 4.84. The molecule has 0 saturated heterocycles. The van der Waals surface area contributed by atoms with E-state index in [0.717, 1.165) is 5.69 Å². The van der Waals surface area contributed by atoms with Gasteiger partial charge in [0.2, 0.25) is 5.91 Å². The van der Waals surface area contributed by atoms with Crippen LogP contribution in [-0.2, 0) is 4.79 Å². The quantitative estimate of drug-likeness (QED) is 0.751. The van der Waals surface area contributed by atoms with Crippen LogP contribution in [-0.4, -0.2) is 25.8 Å². The van der Waals surface area contributed by atoms with E-state index >= 15 is 0 Å². The molecule has 1 rings (SSSR count). The summed E-state index contributed by atoms with van der Waals surface area (Å²) < 4.78 is 0. The molecule has 0 unspecified atom stereocenters. The molecule has 2 N–H and O–H groups in total. The van der Waals surface area contributed by atoms with Crippen LogP contribution in [0.4, 0.5) is 5.69 Å². The smallest absolute Gasteiger partial charge is 0.221 e. The molecule has 4 heteroatoms. The molecule has 0 spiro atoms. The van der Waals surface area contributed by atoms with Crippen LogP contribution >= 0.6 is 11.8 Å². The van der Waals surface area contributed by atoms with E-state index in [4.69, 9.17) is 0 Å². The zero-order valence-electron chi connectivity index (χ0n) is 9.04. The third-order valence-corrected chi connectivity index (χ3v) is 2.79. The average molecular weight is 224 g/mol. The fraction of sp³-hybridized carbons (Fsp3) is 0.364. The van der Waals surface area contributed by atoms with Gasteiger partial charge in [0.15, 0.2) is 0 Å². The first-order valence-corrected chi connectivity index (χ1v) is 6.07. The molecule has 0 radical (unpaired) electrons. The molecule has 0 fully saturated rings. The molecule has 0 aliphatic rings. The molecule has 0 heterocycles. The molecule has 3 nitrogen and oxygen atoms in total. The Balaban J connectivity index is 2.34. The predicted octanol–water partition coefficient (Wildman–Crippen LogP) is 1.96. The molecular weight excluding hydrogens is 208 g/mol. The second-order valence-electron chi connectivity index (χ2n) is 3.08. The van der Waals surface area contributed by atoms with Crippen LogP contribution in [0.3, 0.4) is 0 Å². The highest BCUT2D eigenvalue weighted by Gasteiger charge is 1.97. The number of hydrogen-bond acceptors (Lipinski definition) is 3. The fourth-order valence-electron chi connectivity index (χ4n) is 1.15. The van der Waals surface area contributed by atoms with Crippen LogP contribution < -0.4 is 10.6 Å². The van der Waals surface area contributed by atoms with Gasteiger partial charge >= 0.3 is 0 Å². The van der Waals surface area contributed by atoms with Crippen molar-refractivity contribution in [1.29, 1.82) is 0 Å². The second-order valence-corrected chi connectivity index (χ2v) is 3.96. The molecule has 0 bridgehead atoms. The van der Waals surface area contributed by atoms with E-state index in [2.05, 4.69) is 22.8 Å². The van der Waals surface area contributed by atoms with Crippen LogP contribution in [0.25, 0.3) is 0 Å². The van der Waals surface area contributed by atoms with Gasteiger partial charge in [-0.05, 0) is 30.5 Å². The molecule has 1 amide bonds. The second kappa shape index (κ2) is 6.35. The molecule has 0 saturated carbocycles. The van der Waals surface area contributed by atoms with Gasteiger partial charge in [0.1, 0.15) is 0 Å². The van der Waals surface area contributed by atoms with E-state index in [9.17, 15) is 4.79 Å². The topological polar surface area (TPSA) is 41.1 Å². The molecule has 1 aromatic carbocycles. The highest BCUT2D eigenvalue weighted by molar-refractivity contribution is 7.98. The van der Waals surface area contributed by atoms with Crippen LogP contribution in [0.5, 0.6) is 0 Å². The van der Waals surface area contributed by atoms with Crippen molar-refractivity contribution in [2.24, 2.45) is 0 Å². The van der Waals surface area contributed by atoms with Crippen molar-refractivity contribution in [3.05, 3.63) is 24.3 Å². The Kier molecular flexibility index (Phi) is 5.04. The maximum atomic E-state index is 10.9. The summed E-state index contributed by atoms with van der Waals surface area (Å²) in [5.74, 6) is 0.0585. The SMILES string of the molecule is CNC(=O)CCNc1ccc(SC)cc1. The lowest BCUT2D eigenvalue weighted by Gasteiger charge is -2.06. The van der Waals surface area contributed by atoms with Crippen molar-refractivity contribution < 1.29 is 4.79 Å². The number of hydrogen-bond donors (Lipinski definition) is 2. The Morgan fingerprint density at radius 3 is 2.53 bits per heavy atom. The van der Waals surface area contributed by atoms with Gasteiger partial charge in [-0.2, -0.15) is 0 Å². The van der Waals surface area contributed by atoms with E-state index < -0.39 is 0 Å². The zero-order valence-corrected chi connectivity index (χ0v) is 9.86. The molecular formula is C11H16N2OS. The third kappa shape index (κ3) is 4.25. The van der Waals surface area contributed by atoms with Gasteiger partial charge in [-0.1, -0.05) is 0 Å². The highest BCUT2D eigenvalue weighted by Crippen LogP contribution is 2.17. The van der Waals surface area contributed by atoms with Gasteiger partial charge in [0.05, 0.1) is 0 Å². The fourth-order valence-corrected chi connectivity index (χ4v) is 1.56. The lowest BCUT2D eigenvalue weighted by molar-refractivity contribution is -0.120. The van der Waals surface area contributed by atoms with Crippen LogP contribution in [0.1, 0.15) is 6.42 Å². The maximum Gasteiger partial charge on any atom is 0.221 e. The lowest BCUT2D eigenvalue weighted by atomic mass is 10.3. The van der Waals surface area contributed by atoms with Crippen LogP contribution in [0, 0.1) is 0 Å². The van der Waals surface area contributed by atoms with Gasteiger partial charge in [-0.3, -0.25) is 4.79 Å². The zero-order chi connectivity index (χ0) is 11.1. The maximum absolute atomic E-state index is 10.9. The molecule has 0 aliphatic heterocycles. The van der Waals surface area contributed by atoms with Gasteiger partial charge in [0.25, 0.3) is 0 Å². The Labute approximate surface area is 94.6 Å². The molecule has 82 valence electrons. The van der Waals surface area contributed by atoms with E-state index in [1.807, 2.05) is 18.4 Å². The molecule has 0 aliphatic carbocycles. The summed E-state index contributed by atoms with van der Waals surface area (Å²) in [4.78, 5) is 12.2. The summed E-state index contributed by atoms with van der Waals surface area (Å²) in [7, 11) is 1.65. The van der Waals surface area contributed by atoms with Crippen molar-refractivity contribution in [3.63, 3.8) is 0 Å². The van der Waals surface area contributed by atoms with Crippen molar-refractivity contribution in [1.82, 2.24) is 5.32 Å². The number of rotatable bonds is 5. The van der Waals surface area contributed by atoms with Gasteiger partial charge < -0.3 is 10.6 Å². The number of benzene rings is 1. The van der Waals surface area contributed by atoms with Crippen LogP contribution in [0.2, 0.25) is 0 Å². The Hall–Kier alpha value is -1.16. The monoisotopic (exact) mass is 224 g/mol. The first-order chi connectivity index (χ1) is 7.26. The standard InChI is InChI=1S/C11H16N2OS/c1-12-11(14)7-8-13-9-3-5-10(15-2)6-4-9/h3-6,13H,7-8H2,1-2H3,(H,12,14). The summed E-state index contributed by atoms with van der Waals surface area (Å²) in [5, 5.41) is 5.78. The Morgan fingerprint density at radius 2 is 2.00 bits per heavy atom. The summed E-state index contributed by atoms with van der Waals surface area (Å²) in [6.07, 6.45) is 2.55. The van der Waals surface area contributed by atoms with Crippen LogP contribution in [0.15, 0.2) is 29.2 Å². The summed E-state index contributed by atoms with van der Waals surface area (Å²) in [5.41, 5.74) is 1.05. The normalized spacial score (nSPS) is 9.73. The first kappa shape index (κ1) is 11.9. The number of thioether (sulfide) groups is 1. The van der Waals surface area contributed by atoms with Gasteiger partial charge in [0, 0.05) is 30.6 Å². The molecule has 1 aromatic rings. The molecule has 0 aromatic heterocycles. The number of carbonyl (C=O) groups is 1. The van der Waals surface area contributed by atoms with E-state index in [1.54, 1.807) is 18.8 Å². The minimum absolute atomic E-state index is 0.0585. The van der Waals surface area contributed by atoms with Crippen molar-refractivity contribution in [2.75, 3.05) is 25.2 Å². The summed E-state index contributed by atoms with van der Waals surface area (Å²) >= 11 is 1.72. The number of anilines is 1. The van der Waals surface area contributed by atoms with Gasteiger partial charge in [-0.15, -0.1) is 11.8 Å². The molecule has 0 atom stereocenters. The minimum Gasteiger partial charge on any atom is -0.385 e. The van der Waals surface area contributed by atoms with Crippen molar-refractivity contribution >= 4 is 23.4 Å². The minimum atomic E-state index is 0.0585. The summed E-state index contributed by atoms with van der Waals surface area (Å²) in [6.45, 7) is 0.665. The van der Waals surface area contributed by atoms with Crippen molar-refractivity contribution in [2.45, 2.75) is 11.3 Å². The predicted molar refractivity (Wildman–Crippen MR) is 65.4 cm³/mol. The number of carbonyl (C=O) groups excluding carboxylic acids is 1. The van der Waals surface area contributed by atoms with Crippen molar-refractivity contribution in [3.8, 4) is 0 Å². The average Bonchev–Trinajstić information content (AvgIpc) is 2.29. The van der Waals surface area contributed by atoms with E-state index in [1.165, 1.54) is 4.90 Å².